The molecular weight excluding hydrogens is 444 g/mol. The van der Waals surface area contributed by atoms with Gasteiger partial charge in [0.15, 0.2) is 0 Å². The Labute approximate surface area is 204 Å². The van der Waals surface area contributed by atoms with Crippen molar-refractivity contribution in [3.63, 3.8) is 0 Å². The number of hydroxylamine groups is 1. The molecule has 35 heavy (non-hydrogen) atoms. The predicted molar refractivity (Wildman–Crippen MR) is 133 cm³/mol. The number of carbonyl (C=O) groups is 2. The number of hydrogen-bond acceptors (Lipinski definition) is 6. The number of nitrogens with two attached hydrogens (primary N) is 1. The van der Waals surface area contributed by atoms with Crippen LogP contribution in [-0.4, -0.2) is 36.7 Å². The zero-order chi connectivity index (χ0) is 25.0. The van der Waals surface area contributed by atoms with Crippen molar-refractivity contribution in [3.05, 3.63) is 101 Å². The van der Waals surface area contributed by atoms with E-state index in [1.807, 2.05) is 48.5 Å². The molecule has 0 aliphatic rings. The zero-order valence-corrected chi connectivity index (χ0v) is 19.4. The van der Waals surface area contributed by atoms with Gasteiger partial charge in [-0.3, -0.25) is 14.8 Å². The predicted octanol–water partition coefficient (Wildman–Crippen LogP) is 1.95. The molecule has 8 heteroatoms. The van der Waals surface area contributed by atoms with Crippen LogP contribution in [-0.2, 0) is 17.9 Å². The normalized spacial score (nSPS) is 11.1. The van der Waals surface area contributed by atoms with Gasteiger partial charge in [-0.2, -0.15) is 0 Å². The summed E-state index contributed by atoms with van der Waals surface area (Å²) in [6, 6.07) is 21.6. The summed E-state index contributed by atoms with van der Waals surface area (Å²) in [5.41, 5.74) is 11.3. The first-order valence-electron chi connectivity index (χ1n) is 11.0. The summed E-state index contributed by atoms with van der Waals surface area (Å²) < 4.78 is 5.17. The van der Waals surface area contributed by atoms with E-state index in [1.165, 1.54) is 11.0 Å². The lowest BCUT2D eigenvalue weighted by Gasteiger charge is -2.14. The molecule has 0 radical (unpaired) electrons. The highest BCUT2D eigenvalue weighted by atomic mass is 16.5. The second-order valence-corrected chi connectivity index (χ2v) is 7.71. The Morgan fingerprint density at radius 3 is 1.89 bits per heavy atom. The standard InChI is InChI=1S/C27H28N4O4/c1-35-24-14-10-22(11-15-24)18-29-17-21-6-4-19(5-7-21)2-3-20-8-12-23(13-9-20)26(32)30-25(16-28)27(33)31-34/h4-15,25,29,34H,16-18,28H2,1H3,(H,30,32)(H,31,33)/t25-/m0/s1. The summed E-state index contributed by atoms with van der Waals surface area (Å²) in [6.07, 6.45) is 0. The van der Waals surface area contributed by atoms with Crippen LogP contribution in [0.3, 0.4) is 0 Å². The fourth-order valence-corrected chi connectivity index (χ4v) is 3.20. The highest BCUT2D eigenvalue weighted by molar-refractivity contribution is 5.97. The molecule has 2 amide bonds. The van der Waals surface area contributed by atoms with E-state index in [0.29, 0.717) is 5.56 Å². The first kappa shape index (κ1) is 25.5. The summed E-state index contributed by atoms with van der Waals surface area (Å²) in [7, 11) is 1.65. The highest BCUT2D eigenvalue weighted by Gasteiger charge is 2.19. The van der Waals surface area contributed by atoms with E-state index >= 15 is 0 Å². The average molecular weight is 473 g/mol. The molecule has 3 aromatic rings. The van der Waals surface area contributed by atoms with E-state index in [1.54, 1.807) is 31.4 Å². The quantitative estimate of drug-likeness (QED) is 0.184. The van der Waals surface area contributed by atoms with Crippen molar-refractivity contribution < 1.29 is 19.5 Å². The molecule has 1 atom stereocenters. The van der Waals surface area contributed by atoms with Crippen molar-refractivity contribution in [2.24, 2.45) is 5.73 Å². The molecule has 0 saturated heterocycles. The third-order valence-electron chi connectivity index (χ3n) is 5.24. The van der Waals surface area contributed by atoms with Crippen molar-refractivity contribution in [2.75, 3.05) is 13.7 Å². The Balaban J connectivity index is 1.51. The van der Waals surface area contributed by atoms with Crippen LogP contribution < -0.4 is 26.6 Å². The van der Waals surface area contributed by atoms with E-state index in [2.05, 4.69) is 22.5 Å². The minimum Gasteiger partial charge on any atom is -0.497 e. The van der Waals surface area contributed by atoms with Crippen molar-refractivity contribution in [1.29, 1.82) is 0 Å². The van der Waals surface area contributed by atoms with Gasteiger partial charge in [0.2, 0.25) is 0 Å². The van der Waals surface area contributed by atoms with Gasteiger partial charge in [0.25, 0.3) is 11.8 Å². The van der Waals surface area contributed by atoms with Crippen molar-refractivity contribution in [3.8, 4) is 17.6 Å². The molecular formula is C27H28N4O4. The Hall–Kier alpha value is -4.16. The van der Waals surface area contributed by atoms with E-state index in [9.17, 15) is 9.59 Å². The molecule has 0 aliphatic heterocycles. The molecule has 180 valence electrons. The monoisotopic (exact) mass is 472 g/mol. The van der Waals surface area contributed by atoms with Crippen LogP contribution in [0.2, 0.25) is 0 Å². The molecule has 0 aliphatic carbocycles. The minimum absolute atomic E-state index is 0.140. The summed E-state index contributed by atoms with van der Waals surface area (Å²) in [4.78, 5) is 23.7. The number of carbonyl (C=O) groups excluding carboxylic acids is 2. The third-order valence-corrected chi connectivity index (χ3v) is 5.24. The van der Waals surface area contributed by atoms with Gasteiger partial charge in [-0.05, 0) is 59.7 Å². The number of rotatable bonds is 9. The summed E-state index contributed by atoms with van der Waals surface area (Å²) >= 11 is 0. The molecule has 0 heterocycles. The van der Waals surface area contributed by atoms with Gasteiger partial charge in [-0.25, -0.2) is 5.48 Å². The minimum atomic E-state index is -1.02. The Morgan fingerprint density at radius 1 is 0.886 bits per heavy atom. The molecule has 6 N–H and O–H groups in total. The van der Waals surface area contributed by atoms with Crippen LogP contribution in [0.25, 0.3) is 0 Å². The lowest BCUT2D eigenvalue weighted by molar-refractivity contribution is -0.130. The first-order chi connectivity index (χ1) is 17.0. The molecule has 0 bridgehead atoms. The maximum absolute atomic E-state index is 12.3. The number of methoxy groups -OCH3 is 1. The summed E-state index contributed by atoms with van der Waals surface area (Å²) in [6.45, 7) is 1.37. The second kappa shape index (κ2) is 12.9. The van der Waals surface area contributed by atoms with E-state index < -0.39 is 17.9 Å². The molecule has 0 unspecified atom stereocenters. The Morgan fingerprint density at radius 2 is 1.40 bits per heavy atom. The van der Waals surface area contributed by atoms with Gasteiger partial charge in [0, 0.05) is 36.3 Å². The van der Waals surface area contributed by atoms with Crippen LogP contribution in [0.4, 0.5) is 0 Å². The largest absolute Gasteiger partial charge is 0.497 e. The zero-order valence-electron chi connectivity index (χ0n) is 19.4. The Bertz CT molecular complexity index is 1180. The highest BCUT2D eigenvalue weighted by Crippen LogP contribution is 2.11. The maximum Gasteiger partial charge on any atom is 0.267 e. The van der Waals surface area contributed by atoms with E-state index in [0.717, 1.165) is 35.5 Å². The number of nitrogens with one attached hydrogen (secondary N) is 3. The molecule has 3 aromatic carbocycles. The molecule has 0 saturated carbocycles. The maximum atomic E-state index is 12.3. The van der Waals surface area contributed by atoms with Crippen molar-refractivity contribution in [1.82, 2.24) is 16.1 Å². The van der Waals surface area contributed by atoms with Gasteiger partial charge in [0.1, 0.15) is 11.8 Å². The number of ether oxygens (including phenoxy) is 1. The van der Waals surface area contributed by atoms with Gasteiger partial charge < -0.3 is 21.1 Å². The van der Waals surface area contributed by atoms with Gasteiger partial charge in [0.05, 0.1) is 7.11 Å². The Kier molecular flexibility index (Phi) is 9.39. The fourth-order valence-electron chi connectivity index (χ4n) is 3.20. The third kappa shape index (κ3) is 7.69. The van der Waals surface area contributed by atoms with Crippen molar-refractivity contribution >= 4 is 11.8 Å². The lowest BCUT2D eigenvalue weighted by Crippen LogP contribution is -2.50. The molecule has 3 rings (SSSR count). The smallest absolute Gasteiger partial charge is 0.267 e. The first-order valence-corrected chi connectivity index (χ1v) is 11.0. The molecule has 8 nitrogen and oxygen atoms in total. The van der Waals surface area contributed by atoms with Crippen LogP contribution in [0.1, 0.15) is 32.6 Å². The second-order valence-electron chi connectivity index (χ2n) is 7.71. The summed E-state index contributed by atoms with van der Waals surface area (Å²) in [5.74, 6) is 5.79. The number of hydrogen-bond donors (Lipinski definition) is 5. The summed E-state index contributed by atoms with van der Waals surface area (Å²) in [5, 5.41) is 14.6. The fraction of sp³-hybridized carbons (Fsp3) is 0.185. The van der Waals surface area contributed by atoms with Crippen LogP contribution in [0.15, 0.2) is 72.8 Å². The molecule has 0 spiro atoms. The lowest BCUT2D eigenvalue weighted by atomic mass is 10.1. The van der Waals surface area contributed by atoms with E-state index in [-0.39, 0.29) is 6.54 Å². The van der Waals surface area contributed by atoms with Crippen molar-refractivity contribution in [2.45, 2.75) is 19.1 Å². The van der Waals surface area contributed by atoms with Crippen LogP contribution in [0.5, 0.6) is 5.75 Å². The SMILES string of the molecule is COc1ccc(CNCc2ccc(C#Cc3ccc(C(=O)N[C@@H](CN)C(=O)NO)cc3)cc2)cc1. The van der Waals surface area contributed by atoms with E-state index in [4.69, 9.17) is 15.7 Å². The average Bonchev–Trinajstić information content (AvgIpc) is 2.91. The van der Waals surface area contributed by atoms with Crippen LogP contribution in [0, 0.1) is 11.8 Å². The van der Waals surface area contributed by atoms with Crippen LogP contribution >= 0.6 is 0 Å². The topological polar surface area (TPSA) is 126 Å². The molecule has 0 aromatic heterocycles. The van der Waals surface area contributed by atoms with Gasteiger partial charge >= 0.3 is 0 Å². The number of benzene rings is 3. The van der Waals surface area contributed by atoms with Gasteiger partial charge in [-0.1, -0.05) is 36.1 Å². The number of amides is 2. The van der Waals surface area contributed by atoms with Gasteiger partial charge in [-0.15, -0.1) is 0 Å². The molecule has 0 fully saturated rings.